The van der Waals surface area contributed by atoms with Gasteiger partial charge >= 0.3 is 0 Å². The average molecular weight is 385 g/mol. The number of ether oxygens (including phenoxy) is 2. The monoisotopic (exact) mass is 385 g/mol. The van der Waals surface area contributed by atoms with Crippen LogP contribution in [-0.2, 0) is 0 Å². The molecule has 0 aliphatic carbocycles. The van der Waals surface area contributed by atoms with Gasteiger partial charge in [0.1, 0.15) is 30.0 Å². The van der Waals surface area contributed by atoms with Crippen molar-refractivity contribution in [3.8, 4) is 22.8 Å². The summed E-state index contributed by atoms with van der Waals surface area (Å²) in [6.07, 6.45) is 1.20. The Hall–Kier alpha value is -2.84. The minimum absolute atomic E-state index is 0.169. The first-order valence-corrected chi connectivity index (χ1v) is 9.22. The number of hydrogen-bond donors (Lipinski definition) is 3. The standard InChI is InChI=1S/C20H27N5O3/c1-12(2)17-10-23-25-19(21)8-18(24-20(17)25)13-5-15(27-4)7-16(6-13)28-11-14(26)9-22-3/h5-8,10,12,14,22,26H,9,11,21H2,1-4H3. The lowest BCUT2D eigenvalue weighted by Crippen LogP contribution is -2.29. The fourth-order valence-corrected chi connectivity index (χ4v) is 2.97. The molecule has 28 heavy (non-hydrogen) atoms. The number of rotatable bonds is 8. The van der Waals surface area contributed by atoms with E-state index in [4.69, 9.17) is 20.2 Å². The van der Waals surface area contributed by atoms with Crippen LogP contribution >= 0.6 is 0 Å². The first-order valence-electron chi connectivity index (χ1n) is 9.22. The molecule has 2 heterocycles. The maximum atomic E-state index is 9.88. The highest BCUT2D eigenvalue weighted by molar-refractivity contribution is 5.69. The Morgan fingerprint density at radius 1 is 1.21 bits per heavy atom. The lowest BCUT2D eigenvalue weighted by molar-refractivity contribution is 0.108. The van der Waals surface area contributed by atoms with Gasteiger partial charge in [0.05, 0.1) is 19.0 Å². The molecule has 8 nitrogen and oxygen atoms in total. The van der Waals surface area contributed by atoms with Gasteiger partial charge in [0.15, 0.2) is 5.65 Å². The number of nitrogens with zero attached hydrogens (tertiary/aromatic N) is 3. The Labute approximate surface area is 164 Å². The SMILES string of the molecule is CNCC(O)COc1cc(OC)cc(-c2cc(N)n3ncc(C(C)C)c3n2)c1. The fraction of sp³-hybridized carbons (Fsp3) is 0.400. The largest absolute Gasteiger partial charge is 0.497 e. The number of methoxy groups -OCH3 is 1. The average Bonchev–Trinajstić information content (AvgIpc) is 3.11. The number of aliphatic hydroxyl groups excluding tert-OH is 1. The van der Waals surface area contributed by atoms with Gasteiger partial charge in [0.2, 0.25) is 0 Å². The Morgan fingerprint density at radius 3 is 2.64 bits per heavy atom. The van der Waals surface area contributed by atoms with Crippen molar-refractivity contribution in [2.24, 2.45) is 0 Å². The van der Waals surface area contributed by atoms with Crippen molar-refractivity contribution < 1.29 is 14.6 Å². The molecule has 0 aliphatic heterocycles. The third kappa shape index (κ3) is 4.18. The Bertz CT molecular complexity index is 954. The van der Waals surface area contributed by atoms with Crippen LogP contribution in [0.15, 0.2) is 30.5 Å². The van der Waals surface area contributed by atoms with E-state index in [0.717, 1.165) is 16.8 Å². The van der Waals surface area contributed by atoms with Crippen molar-refractivity contribution in [2.75, 3.05) is 33.0 Å². The number of anilines is 1. The minimum Gasteiger partial charge on any atom is -0.497 e. The van der Waals surface area contributed by atoms with Crippen molar-refractivity contribution in [2.45, 2.75) is 25.9 Å². The second-order valence-electron chi connectivity index (χ2n) is 6.98. The molecule has 1 unspecified atom stereocenters. The molecule has 4 N–H and O–H groups in total. The summed E-state index contributed by atoms with van der Waals surface area (Å²) in [4.78, 5) is 4.78. The van der Waals surface area contributed by atoms with Gasteiger partial charge in [-0.05, 0) is 25.1 Å². The predicted molar refractivity (Wildman–Crippen MR) is 109 cm³/mol. The van der Waals surface area contributed by atoms with Crippen molar-refractivity contribution in [3.63, 3.8) is 0 Å². The molecule has 0 radical (unpaired) electrons. The molecular weight excluding hydrogens is 358 g/mol. The molecule has 0 saturated carbocycles. The second-order valence-corrected chi connectivity index (χ2v) is 6.98. The molecule has 3 rings (SSSR count). The van der Waals surface area contributed by atoms with Gasteiger partial charge in [0, 0.05) is 29.8 Å². The van der Waals surface area contributed by atoms with Gasteiger partial charge in [-0.2, -0.15) is 9.61 Å². The molecule has 1 atom stereocenters. The van der Waals surface area contributed by atoms with E-state index in [-0.39, 0.29) is 12.5 Å². The van der Waals surface area contributed by atoms with Crippen LogP contribution in [0, 0.1) is 0 Å². The zero-order chi connectivity index (χ0) is 20.3. The number of nitrogens with one attached hydrogen (secondary N) is 1. The smallest absolute Gasteiger partial charge is 0.161 e. The summed E-state index contributed by atoms with van der Waals surface area (Å²) in [7, 11) is 3.37. The highest BCUT2D eigenvalue weighted by Gasteiger charge is 2.15. The highest BCUT2D eigenvalue weighted by atomic mass is 16.5. The van der Waals surface area contributed by atoms with Crippen LogP contribution < -0.4 is 20.5 Å². The van der Waals surface area contributed by atoms with Crippen LogP contribution in [0.5, 0.6) is 11.5 Å². The zero-order valence-electron chi connectivity index (χ0n) is 16.6. The van der Waals surface area contributed by atoms with Gasteiger partial charge in [-0.25, -0.2) is 4.98 Å². The third-order valence-electron chi connectivity index (χ3n) is 4.44. The number of hydrogen-bond acceptors (Lipinski definition) is 7. The number of nitrogens with two attached hydrogens (primary N) is 1. The lowest BCUT2D eigenvalue weighted by atomic mass is 10.1. The summed E-state index contributed by atoms with van der Waals surface area (Å²) in [6, 6.07) is 7.28. The highest BCUT2D eigenvalue weighted by Crippen LogP contribution is 2.31. The van der Waals surface area contributed by atoms with Crippen LogP contribution in [-0.4, -0.2) is 53.1 Å². The molecule has 0 fully saturated rings. The molecule has 1 aromatic carbocycles. The van der Waals surface area contributed by atoms with E-state index in [1.54, 1.807) is 37.0 Å². The lowest BCUT2D eigenvalue weighted by Gasteiger charge is -2.14. The van der Waals surface area contributed by atoms with Crippen LogP contribution in [0.25, 0.3) is 16.9 Å². The normalized spacial score (nSPS) is 12.5. The van der Waals surface area contributed by atoms with E-state index < -0.39 is 6.10 Å². The van der Waals surface area contributed by atoms with E-state index in [1.165, 1.54) is 0 Å². The van der Waals surface area contributed by atoms with Crippen molar-refractivity contribution in [3.05, 3.63) is 36.0 Å². The molecule has 150 valence electrons. The summed E-state index contributed by atoms with van der Waals surface area (Å²) < 4.78 is 12.8. The Kier molecular flexibility index (Phi) is 6.01. The Morgan fingerprint density at radius 2 is 1.96 bits per heavy atom. The van der Waals surface area contributed by atoms with Crippen LogP contribution in [0.4, 0.5) is 5.82 Å². The Balaban J connectivity index is 2.00. The first-order chi connectivity index (χ1) is 13.4. The number of likely N-dealkylation sites (N-methyl/N-ethyl adjacent to an activating group) is 1. The van der Waals surface area contributed by atoms with E-state index in [1.807, 2.05) is 12.1 Å². The molecule has 0 aliphatic rings. The van der Waals surface area contributed by atoms with Gasteiger partial charge in [0.25, 0.3) is 0 Å². The van der Waals surface area contributed by atoms with Crippen LogP contribution in [0.3, 0.4) is 0 Å². The molecule has 2 aromatic heterocycles. The molecule has 0 saturated heterocycles. The van der Waals surface area contributed by atoms with Gasteiger partial charge in [-0.15, -0.1) is 0 Å². The first kappa shape index (κ1) is 19.9. The zero-order valence-corrected chi connectivity index (χ0v) is 16.6. The van der Waals surface area contributed by atoms with E-state index >= 15 is 0 Å². The molecule has 8 heteroatoms. The molecule has 0 bridgehead atoms. The minimum atomic E-state index is -0.606. The number of fused-ring (bicyclic) bond motifs is 1. The van der Waals surface area contributed by atoms with E-state index in [2.05, 4.69) is 24.3 Å². The van der Waals surface area contributed by atoms with E-state index in [0.29, 0.717) is 29.6 Å². The summed E-state index contributed by atoms with van der Waals surface area (Å²) in [5.41, 5.74) is 9.48. The van der Waals surface area contributed by atoms with Gasteiger partial charge < -0.3 is 25.6 Å². The van der Waals surface area contributed by atoms with Crippen molar-refractivity contribution in [1.29, 1.82) is 0 Å². The van der Waals surface area contributed by atoms with E-state index in [9.17, 15) is 5.11 Å². The quantitative estimate of drug-likeness (QED) is 0.545. The van der Waals surface area contributed by atoms with Crippen LogP contribution in [0.2, 0.25) is 0 Å². The number of benzene rings is 1. The van der Waals surface area contributed by atoms with Crippen molar-refractivity contribution >= 4 is 11.5 Å². The molecule has 0 spiro atoms. The summed E-state index contributed by atoms with van der Waals surface area (Å²) in [5.74, 6) is 2.00. The third-order valence-corrected chi connectivity index (χ3v) is 4.44. The maximum absolute atomic E-state index is 9.88. The fourth-order valence-electron chi connectivity index (χ4n) is 2.97. The number of aliphatic hydroxyl groups is 1. The predicted octanol–water partition coefficient (Wildman–Crippen LogP) is 2.07. The maximum Gasteiger partial charge on any atom is 0.161 e. The molecular formula is C20H27N5O3. The van der Waals surface area contributed by atoms with Gasteiger partial charge in [-0.3, -0.25) is 0 Å². The summed E-state index contributed by atoms with van der Waals surface area (Å²) in [6.45, 7) is 4.80. The molecule has 3 aromatic rings. The summed E-state index contributed by atoms with van der Waals surface area (Å²) in [5, 5.41) is 17.1. The van der Waals surface area contributed by atoms with Crippen LogP contribution in [0.1, 0.15) is 25.3 Å². The number of nitrogen functional groups attached to an aromatic ring is 1. The molecule has 0 amide bonds. The summed E-state index contributed by atoms with van der Waals surface area (Å²) >= 11 is 0. The second kappa shape index (κ2) is 8.45. The topological polar surface area (TPSA) is 107 Å². The van der Waals surface area contributed by atoms with Gasteiger partial charge in [-0.1, -0.05) is 13.8 Å². The van der Waals surface area contributed by atoms with Crippen molar-refractivity contribution in [1.82, 2.24) is 19.9 Å². The number of aromatic nitrogens is 3.